The number of epoxide rings is 1. The maximum absolute atomic E-state index is 5.28. The predicted molar refractivity (Wildman–Crippen MR) is 39.6 cm³/mol. The van der Waals surface area contributed by atoms with E-state index in [1.807, 2.05) is 20.8 Å². The zero-order valence-corrected chi connectivity index (χ0v) is 7.16. The quantitative estimate of drug-likeness (QED) is 0.474. The number of hydroxylamine groups is 1. The fraction of sp³-hybridized carbons (Fsp3) is 1.00. The van der Waals surface area contributed by atoms with E-state index in [4.69, 9.17) is 14.3 Å². The Kier molecular flexibility index (Phi) is 3.26. The summed E-state index contributed by atoms with van der Waals surface area (Å²) in [7, 11) is 0. The second kappa shape index (κ2) is 4.01. The second-order valence-corrected chi connectivity index (χ2v) is 2.67. The molecule has 1 heterocycles. The van der Waals surface area contributed by atoms with Crippen molar-refractivity contribution in [3.8, 4) is 0 Å². The van der Waals surface area contributed by atoms with E-state index >= 15 is 0 Å². The molecule has 1 aliphatic rings. The first-order valence-electron chi connectivity index (χ1n) is 3.93. The summed E-state index contributed by atoms with van der Waals surface area (Å²) in [6.45, 7) is 6.66. The Morgan fingerprint density at radius 2 is 2.18 bits per heavy atom. The topological polar surface area (TPSA) is 43.0 Å². The number of rotatable bonds is 5. The molecule has 1 N–H and O–H groups in total. The molecule has 0 spiro atoms. The van der Waals surface area contributed by atoms with Gasteiger partial charge in [0.1, 0.15) is 0 Å². The van der Waals surface area contributed by atoms with Gasteiger partial charge in [0, 0.05) is 6.54 Å². The molecule has 4 heteroatoms. The molecule has 0 saturated carbocycles. The maximum Gasteiger partial charge on any atom is 0.231 e. The third kappa shape index (κ3) is 3.16. The smallest absolute Gasteiger partial charge is 0.231 e. The van der Waals surface area contributed by atoms with E-state index in [1.165, 1.54) is 0 Å². The molecule has 0 bridgehead atoms. The molecule has 1 saturated heterocycles. The molecule has 1 aliphatic heterocycles. The van der Waals surface area contributed by atoms with Gasteiger partial charge in [-0.05, 0) is 13.8 Å². The summed E-state index contributed by atoms with van der Waals surface area (Å²) in [5.41, 5.74) is 2.71. The third-order valence-corrected chi connectivity index (χ3v) is 1.16. The van der Waals surface area contributed by atoms with Crippen molar-refractivity contribution in [1.82, 2.24) is 5.48 Å². The van der Waals surface area contributed by atoms with E-state index in [0.29, 0.717) is 0 Å². The fourth-order valence-corrected chi connectivity index (χ4v) is 0.700. The maximum atomic E-state index is 5.28. The Hall–Kier alpha value is -0.160. The monoisotopic (exact) mass is 161 g/mol. The van der Waals surface area contributed by atoms with Crippen LogP contribution < -0.4 is 5.48 Å². The minimum atomic E-state index is -0.211. The highest BCUT2D eigenvalue weighted by atomic mass is 16.9. The molecule has 1 rings (SSSR count). The van der Waals surface area contributed by atoms with Gasteiger partial charge < -0.3 is 9.47 Å². The molecule has 0 radical (unpaired) electrons. The lowest BCUT2D eigenvalue weighted by Crippen LogP contribution is -2.18. The van der Waals surface area contributed by atoms with Gasteiger partial charge >= 0.3 is 0 Å². The Labute approximate surface area is 66.8 Å². The SMILES string of the molecule is CCNOC1OC1OC(C)C. The lowest BCUT2D eigenvalue weighted by Gasteiger charge is -2.02. The highest BCUT2D eigenvalue weighted by Gasteiger charge is 2.42. The van der Waals surface area contributed by atoms with Crippen LogP contribution in [0.25, 0.3) is 0 Å². The third-order valence-electron chi connectivity index (χ3n) is 1.16. The molecule has 0 aromatic rings. The number of hydrogen-bond acceptors (Lipinski definition) is 4. The Morgan fingerprint density at radius 3 is 2.73 bits per heavy atom. The van der Waals surface area contributed by atoms with Crippen LogP contribution in [0.5, 0.6) is 0 Å². The van der Waals surface area contributed by atoms with E-state index in [1.54, 1.807) is 0 Å². The van der Waals surface area contributed by atoms with Crippen molar-refractivity contribution >= 4 is 0 Å². The molecule has 0 amide bonds. The summed E-state index contributed by atoms with van der Waals surface area (Å²) in [5, 5.41) is 0. The summed E-state index contributed by atoms with van der Waals surface area (Å²) in [5.74, 6) is 0. The van der Waals surface area contributed by atoms with Crippen LogP contribution in [0.1, 0.15) is 20.8 Å². The molecule has 66 valence electrons. The van der Waals surface area contributed by atoms with Gasteiger partial charge in [-0.25, -0.2) is 0 Å². The first kappa shape index (κ1) is 8.93. The molecule has 4 nitrogen and oxygen atoms in total. The van der Waals surface area contributed by atoms with Crippen LogP contribution in [-0.2, 0) is 14.3 Å². The Bertz CT molecular complexity index is 118. The molecular weight excluding hydrogens is 146 g/mol. The minimum Gasteiger partial charge on any atom is -0.345 e. The van der Waals surface area contributed by atoms with Crippen LogP contribution in [0, 0.1) is 0 Å². The lowest BCUT2D eigenvalue weighted by atomic mass is 10.5. The number of nitrogens with one attached hydrogen (secondary N) is 1. The highest BCUT2D eigenvalue weighted by Crippen LogP contribution is 2.24. The molecule has 2 unspecified atom stereocenters. The molecular formula is C7H15NO3. The fourth-order valence-electron chi connectivity index (χ4n) is 0.700. The number of ether oxygens (including phenoxy) is 2. The Morgan fingerprint density at radius 1 is 1.45 bits per heavy atom. The van der Waals surface area contributed by atoms with Gasteiger partial charge in [-0.2, -0.15) is 5.48 Å². The van der Waals surface area contributed by atoms with Gasteiger partial charge in [0.15, 0.2) is 0 Å². The molecule has 0 aromatic carbocycles. The van der Waals surface area contributed by atoms with Gasteiger partial charge in [0.05, 0.1) is 6.10 Å². The highest BCUT2D eigenvalue weighted by molar-refractivity contribution is 4.66. The number of hydrogen-bond donors (Lipinski definition) is 1. The molecule has 1 fully saturated rings. The first-order valence-corrected chi connectivity index (χ1v) is 3.93. The lowest BCUT2D eigenvalue weighted by molar-refractivity contribution is -0.0275. The summed E-state index contributed by atoms with van der Waals surface area (Å²) in [4.78, 5) is 5.02. The minimum absolute atomic E-state index is 0.172. The van der Waals surface area contributed by atoms with Crippen molar-refractivity contribution in [2.24, 2.45) is 0 Å². The van der Waals surface area contributed by atoms with Crippen LogP contribution in [0.4, 0.5) is 0 Å². The van der Waals surface area contributed by atoms with E-state index in [-0.39, 0.29) is 18.7 Å². The zero-order valence-electron chi connectivity index (χ0n) is 7.16. The van der Waals surface area contributed by atoms with Crippen molar-refractivity contribution in [3.63, 3.8) is 0 Å². The van der Waals surface area contributed by atoms with Gasteiger partial charge in [0.2, 0.25) is 12.6 Å². The Balaban J connectivity index is 1.98. The largest absolute Gasteiger partial charge is 0.345 e. The standard InChI is InChI=1S/C7H15NO3/c1-4-8-11-7-6(10-7)9-5(2)3/h5-8H,4H2,1-3H3. The van der Waals surface area contributed by atoms with Crippen LogP contribution in [-0.4, -0.2) is 25.2 Å². The van der Waals surface area contributed by atoms with Crippen molar-refractivity contribution in [3.05, 3.63) is 0 Å². The average molecular weight is 161 g/mol. The van der Waals surface area contributed by atoms with Gasteiger partial charge in [-0.15, -0.1) is 0 Å². The summed E-state index contributed by atoms with van der Waals surface area (Å²) in [6.07, 6.45) is -0.193. The van der Waals surface area contributed by atoms with Crippen molar-refractivity contribution in [2.45, 2.75) is 39.5 Å². The van der Waals surface area contributed by atoms with Crippen LogP contribution in [0.2, 0.25) is 0 Å². The predicted octanol–water partition coefficient (Wildman–Crippen LogP) is 0.635. The average Bonchev–Trinajstić information content (AvgIpc) is 2.62. The van der Waals surface area contributed by atoms with Gasteiger partial charge in [-0.1, -0.05) is 6.92 Å². The van der Waals surface area contributed by atoms with Gasteiger partial charge in [-0.3, -0.25) is 4.84 Å². The molecule has 0 aliphatic carbocycles. The van der Waals surface area contributed by atoms with Crippen LogP contribution >= 0.6 is 0 Å². The molecule has 2 atom stereocenters. The summed E-state index contributed by atoms with van der Waals surface area (Å²) < 4.78 is 10.3. The van der Waals surface area contributed by atoms with E-state index < -0.39 is 0 Å². The summed E-state index contributed by atoms with van der Waals surface area (Å²) in [6, 6.07) is 0. The first-order chi connectivity index (χ1) is 5.24. The normalized spacial score (nSPS) is 29.5. The second-order valence-electron chi connectivity index (χ2n) is 2.67. The van der Waals surface area contributed by atoms with E-state index in [2.05, 4.69) is 5.48 Å². The van der Waals surface area contributed by atoms with Crippen molar-refractivity contribution in [1.29, 1.82) is 0 Å². The van der Waals surface area contributed by atoms with Crippen LogP contribution in [0.3, 0.4) is 0 Å². The van der Waals surface area contributed by atoms with Crippen molar-refractivity contribution in [2.75, 3.05) is 6.54 Å². The van der Waals surface area contributed by atoms with E-state index in [9.17, 15) is 0 Å². The van der Waals surface area contributed by atoms with Gasteiger partial charge in [0.25, 0.3) is 0 Å². The van der Waals surface area contributed by atoms with Crippen LogP contribution in [0.15, 0.2) is 0 Å². The zero-order chi connectivity index (χ0) is 8.27. The molecule has 11 heavy (non-hydrogen) atoms. The molecule has 0 aromatic heterocycles. The van der Waals surface area contributed by atoms with Crippen molar-refractivity contribution < 1.29 is 14.3 Å². The summed E-state index contributed by atoms with van der Waals surface area (Å²) >= 11 is 0. The van der Waals surface area contributed by atoms with E-state index in [0.717, 1.165) is 6.54 Å².